The predicted octanol–water partition coefficient (Wildman–Crippen LogP) is -0.0378. The summed E-state index contributed by atoms with van der Waals surface area (Å²) >= 11 is 0. The van der Waals surface area contributed by atoms with Crippen LogP contribution in [0.3, 0.4) is 0 Å². The summed E-state index contributed by atoms with van der Waals surface area (Å²) in [4.78, 5) is 22.1. The predicted molar refractivity (Wildman–Crippen MR) is 103 cm³/mol. The highest BCUT2D eigenvalue weighted by Gasteiger charge is 2.30. The quantitative estimate of drug-likeness (QED) is 0.246. The van der Waals surface area contributed by atoms with Crippen LogP contribution in [0.1, 0.15) is 32.6 Å². The number of aliphatic hydroxyl groups excluding tert-OH is 1. The molecule has 1 saturated carbocycles. The smallest absolute Gasteiger partial charge is 0.305 e. The van der Waals surface area contributed by atoms with Crippen molar-refractivity contribution in [1.82, 2.24) is 5.32 Å². The number of carbonyl (C=O) groups is 2. The number of rotatable bonds is 19. The molecule has 10 nitrogen and oxygen atoms in total. The number of hydrogen-bond donors (Lipinski definition) is 3. The Morgan fingerprint density at radius 2 is 1.52 bits per heavy atom. The van der Waals surface area contributed by atoms with Crippen LogP contribution in [0, 0.1) is 0 Å². The van der Waals surface area contributed by atoms with Gasteiger partial charge in [0, 0.05) is 13.0 Å². The van der Waals surface area contributed by atoms with E-state index in [1.807, 2.05) is 6.92 Å². The zero-order chi connectivity index (χ0) is 21.3. The van der Waals surface area contributed by atoms with Gasteiger partial charge in [0.1, 0.15) is 0 Å². The SMILES string of the molecule is CCOCC(CO)NC(=O)CCOCCOC1CC(OCCOCCC(=O)O)C1. The Labute approximate surface area is 171 Å². The summed E-state index contributed by atoms with van der Waals surface area (Å²) in [6.45, 7) is 4.72. The first-order valence-corrected chi connectivity index (χ1v) is 10.1. The number of aliphatic carboxylic acids is 1. The molecule has 0 aliphatic heterocycles. The van der Waals surface area contributed by atoms with Gasteiger partial charge in [-0.25, -0.2) is 0 Å². The van der Waals surface area contributed by atoms with Crippen molar-refractivity contribution in [3.63, 3.8) is 0 Å². The van der Waals surface area contributed by atoms with Gasteiger partial charge in [0.15, 0.2) is 0 Å². The van der Waals surface area contributed by atoms with Crippen molar-refractivity contribution in [1.29, 1.82) is 0 Å². The second kappa shape index (κ2) is 16.5. The molecule has 0 aromatic heterocycles. The van der Waals surface area contributed by atoms with Crippen LogP contribution >= 0.6 is 0 Å². The van der Waals surface area contributed by atoms with Crippen LogP contribution in [0.4, 0.5) is 0 Å². The zero-order valence-electron chi connectivity index (χ0n) is 17.2. The van der Waals surface area contributed by atoms with Crippen molar-refractivity contribution in [2.75, 3.05) is 59.5 Å². The molecule has 0 aromatic rings. The fourth-order valence-electron chi connectivity index (χ4n) is 2.57. The molecule has 1 aliphatic rings. The zero-order valence-corrected chi connectivity index (χ0v) is 17.2. The molecule has 0 heterocycles. The molecule has 1 unspecified atom stereocenters. The fourth-order valence-corrected chi connectivity index (χ4v) is 2.57. The number of carboxylic acid groups (broad SMARTS) is 1. The van der Waals surface area contributed by atoms with Gasteiger partial charge in [-0.1, -0.05) is 0 Å². The standard InChI is InChI=1S/C19H35NO9/c1-2-25-14-15(13-21)20-18(22)3-5-26-7-9-28-16-11-17(12-16)29-10-8-27-6-4-19(23)24/h15-17,21H,2-14H2,1H3,(H,20,22)(H,23,24). The molecule has 1 fully saturated rings. The molecule has 1 rings (SSSR count). The van der Waals surface area contributed by atoms with Gasteiger partial charge in [-0.2, -0.15) is 0 Å². The van der Waals surface area contributed by atoms with E-state index in [0.29, 0.717) is 39.6 Å². The van der Waals surface area contributed by atoms with Gasteiger partial charge in [-0.3, -0.25) is 9.59 Å². The lowest BCUT2D eigenvalue weighted by molar-refractivity contribution is -0.139. The molecule has 0 radical (unpaired) electrons. The van der Waals surface area contributed by atoms with Gasteiger partial charge in [0.25, 0.3) is 0 Å². The third kappa shape index (κ3) is 13.5. The Morgan fingerprint density at radius 3 is 2.03 bits per heavy atom. The number of carboxylic acids is 1. The van der Waals surface area contributed by atoms with Crippen molar-refractivity contribution >= 4 is 11.9 Å². The van der Waals surface area contributed by atoms with Crippen molar-refractivity contribution in [3.8, 4) is 0 Å². The van der Waals surface area contributed by atoms with E-state index in [1.165, 1.54) is 0 Å². The van der Waals surface area contributed by atoms with Crippen molar-refractivity contribution in [2.24, 2.45) is 0 Å². The highest BCUT2D eigenvalue weighted by molar-refractivity contribution is 5.76. The maximum atomic E-state index is 11.7. The molecule has 0 bridgehead atoms. The van der Waals surface area contributed by atoms with E-state index in [2.05, 4.69) is 5.32 Å². The lowest BCUT2D eigenvalue weighted by Gasteiger charge is -2.34. The maximum absolute atomic E-state index is 11.7. The van der Waals surface area contributed by atoms with Crippen LogP contribution in [0.25, 0.3) is 0 Å². The van der Waals surface area contributed by atoms with E-state index in [9.17, 15) is 9.59 Å². The van der Waals surface area contributed by atoms with Crippen LogP contribution in [0.5, 0.6) is 0 Å². The molecule has 0 spiro atoms. The first-order valence-electron chi connectivity index (χ1n) is 10.1. The number of aliphatic hydroxyl groups is 1. The highest BCUT2D eigenvalue weighted by Crippen LogP contribution is 2.26. The normalized spacial score (nSPS) is 19.5. The van der Waals surface area contributed by atoms with Crippen LogP contribution < -0.4 is 5.32 Å². The molecular formula is C19H35NO9. The molecule has 1 aliphatic carbocycles. The summed E-state index contributed by atoms with van der Waals surface area (Å²) in [7, 11) is 0. The molecule has 1 amide bonds. The molecular weight excluding hydrogens is 386 g/mol. The van der Waals surface area contributed by atoms with Gasteiger partial charge < -0.3 is 39.2 Å². The molecule has 0 saturated heterocycles. The van der Waals surface area contributed by atoms with E-state index < -0.39 is 12.0 Å². The maximum Gasteiger partial charge on any atom is 0.305 e. The van der Waals surface area contributed by atoms with Crippen molar-refractivity contribution in [3.05, 3.63) is 0 Å². The average Bonchev–Trinajstić information content (AvgIpc) is 2.66. The summed E-state index contributed by atoms with van der Waals surface area (Å²) in [5.74, 6) is -1.06. The Kier molecular flexibility index (Phi) is 14.6. The number of amides is 1. The molecule has 1 atom stereocenters. The summed E-state index contributed by atoms with van der Waals surface area (Å²) in [5, 5.41) is 20.3. The fraction of sp³-hybridized carbons (Fsp3) is 0.895. The van der Waals surface area contributed by atoms with Crippen LogP contribution in [0.15, 0.2) is 0 Å². The Bertz CT molecular complexity index is 443. The van der Waals surface area contributed by atoms with Crippen LogP contribution in [-0.2, 0) is 33.3 Å². The van der Waals surface area contributed by atoms with E-state index in [-0.39, 0.29) is 50.8 Å². The van der Waals surface area contributed by atoms with E-state index in [4.69, 9.17) is 33.9 Å². The number of ether oxygens (including phenoxy) is 5. The summed E-state index contributed by atoms with van der Waals surface area (Å²) < 4.78 is 27.0. The van der Waals surface area contributed by atoms with E-state index in [0.717, 1.165) is 12.8 Å². The lowest BCUT2D eigenvalue weighted by atomic mass is 9.92. The van der Waals surface area contributed by atoms with Gasteiger partial charge >= 0.3 is 5.97 Å². The van der Waals surface area contributed by atoms with Crippen LogP contribution in [-0.4, -0.2) is 99.8 Å². The molecule has 3 N–H and O–H groups in total. The summed E-state index contributed by atoms with van der Waals surface area (Å²) in [5.41, 5.74) is 0. The summed E-state index contributed by atoms with van der Waals surface area (Å²) in [6, 6.07) is -0.393. The topological polar surface area (TPSA) is 133 Å². The monoisotopic (exact) mass is 421 g/mol. The second-order valence-electron chi connectivity index (χ2n) is 6.68. The van der Waals surface area contributed by atoms with E-state index >= 15 is 0 Å². The van der Waals surface area contributed by atoms with Gasteiger partial charge in [0.05, 0.1) is 77.5 Å². The number of nitrogens with one attached hydrogen (secondary N) is 1. The minimum Gasteiger partial charge on any atom is -0.481 e. The van der Waals surface area contributed by atoms with Crippen molar-refractivity contribution in [2.45, 2.75) is 50.9 Å². The third-order valence-corrected chi connectivity index (χ3v) is 4.26. The number of carbonyl (C=O) groups excluding carboxylic acids is 1. The lowest BCUT2D eigenvalue weighted by Crippen LogP contribution is -2.41. The Morgan fingerprint density at radius 1 is 0.931 bits per heavy atom. The largest absolute Gasteiger partial charge is 0.481 e. The van der Waals surface area contributed by atoms with Crippen LogP contribution in [0.2, 0.25) is 0 Å². The third-order valence-electron chi connectivity index (χ3n) is 4.26. The average molecular weight is 421 g/mol. The van der Waals surface area contributed by atoms with E-state index in [1.54, 1.807) is 0 Å². The minimum atomic E-state index is -0.870. The molecule has 29 heavy (non-hydrogen) atoms. The molecule has 170 valence electrons. The Hall–Kier alpha value is -1.30. The van der Waals surface area contributed by atoms with Gasteiger partial charge in [-0.15, -0.1) is 0 Å². The first kappa shape index (κ1) is 25.7. The molecule has 10 heteroatoms. The second-order valence-corrected chi connectivity index (χ2v) is 6.68. The van der Waals surface area contributed by atoms with Gasteiger partial charge in [-0.05, 0) is 19.8 Å². The first-order chi connectivity index (χ1) is 14.0. The Balaban J connectivity index is 1.87. The minimum absolute atomic E-state index is 0.00316. The van der Waals surface area contributed by atoms with Gasteiger partial charge in [0.2, 0.25) is 5.91 Å². The molecule has 0 aromatic carbocycles. The highest BCUT2D eigenvalue weighted by atomic mass is 16.5. The summed E-state index contributed by atoms with van der Waals surface area (Å²) in [6.07, 6.45) is 2.17. The van der Waals surface area contributed by atoms with Crippen molar-refractivity contribution < 1.29 is 43.5 Å². The number of hydrogen-bond acceptors (Lipinski definition) is 8.